The third-order valence-electron chi connectivity index (χ3n) is 3.67. The molecule has 2 unspecified atom stereocenters. The number of likely N-dealkylation sites (tertiary alicyclic amines) is 1. The maximum absolute atomic E-state index is 11.4. The number of carbonyl (C=O) groups is 1. The monoisotopic (exact) mass is 247 g/mol. The molecule has 1 aliphatic rings. The maximum Gasteiger partial charge on any atom is 0.237 e. The Morgan fingerprint density at radius 3 is 2.89 bits per heavy atom. The van der Waals surface area contributed by atoms with Crippen LogP contribution in [0.25, 0.3) is 0 Å². The van der Waals surface area contributed by atoms with Crippen molar-refractivity contribution >= 4 is 5.91 Å². The van der Waals surface area contributed by atoms with Crippen LogP contribution in [0.2, 0.25) is 0 Å². The second-order valence-corrected chi connectivity index (χ2v) is 5.07. The molecule has 18 heavy (non-hydrogen) atoms. The number of carbonyl (C=O) groups excluding carboxylic acids is 1. The van der Waals surface area contributed by atoms with Gasteiger partial charge in [-0.25, -0.2) is 5.84 Å². The Kier molecular flexibility index (Phi) is 4.33. The van der Waals surface area contributed by atoms with E-state index in [-0.39, 0.29) is 11.8 Å². The van der Waals surface area contributed by atoms with Crippen molar-refractivity contribution in [2.75, 3.05) is 19.6 Å². The number of hydrogen-bond donors (Lipinski definition) is 2. The smallest absolute Gasteiger partial charge is 0.237 e. The molecule has 4 heteroatoms. The highest BCUT2D eigenvalue weighted by molar-refractivity contribution is 5.77. The van der Waals surface area contributed by atoms with Gasteiger partial charge in [0.15, 0.2) is 0 Å². The molecule has 1 heterocycles. The standard InChI is InChI=1S/C14H21N3O/c1-11(14(18)16-15)9-17-8-7-13(10-17)12-5-3-2-4-6-12/h2-6,11,13H,7-10,15H2,1H3,(H,16,18). The van der Waals surface area contributed by atoms with Crippen LogP contribution in [0.15, 0.2) is 30.3 Å². The minimum atomic E-state index is -0.0850. The SMILES string of the molecule is CC(CN1CCC(c2ccccc2)C1)C(=O)NN. The number of benzene rings is 1. The van der Waals surface area contributed by atoms with Crippen LogP contribution in [-0.4, -0.2) is 30.4 Å². The van der Waals surface area contributed by atoms with Crippen LogP contribution in [0.5, 0.6) is 0 Å². The lowest BCUT2D eigenvalue weighted by molar-refractivity contribution is -0.125. The number of hydrazine groups is 1. The van der Waals surface area contributed by atoms with E-state index in [1.54, 1.807) is 0 Å². The highest BCUT2D eigenvalue weighted by Crippen LogP contribution is 2.27. The lowest BCUT2D eigenvalue weighted by Gasteiger charge is -2.19. The normalized spacial score (nSPS) is 21.8. The van der Waals surface area contributed by atoms with E-state index in [2.05, 4.69) is 34.6 Å². The minimum absolute atomic E-state index is 0.0514. The van der Waals surface area contributed by atoms with Crippen molar-refractivity contribution in [1.29, 1.82) is 0 Å². The number of amides is 1. The zero-order valence-electron chi connectivity index (χ0n) is 10.8. The van der Waals surface area contributed by atoms with Gasteiger partial charge in [-0.15, -0.1) is 0 Å². The molecule has 3 N–H and O–H groups in total. The molecule has 1 aromatic rings. The van der Waals surface area contributed by atoms with Gasteiger partial charge in [0.2, 0.25) is 5.91 Å². The van der Waals surface area contributed by atoms with Gasteiger partial charge >= 0.3 is 0 Å². The molecule has 2 rings (SSSR count). The predicted octanol–water partition coefficient (Wildman–Crippen LogP) is 1.10. The molecule has 0 radical (unpaired) electrons. The zero-order valence-corrected chi connectivity index (χ0v) is 10.8. The van der Waals surface area contributed by atoms with Crippen LogP contribution in [0.3, 0.4) is 0 Å². The largest absolute Gasteiger partial charge is 0.302 e. The summed E-state index contributed by atoms with van der Waals surface area (Å²) in [5, 5.41) is 0. The summed E-state index contributed by atoms with van der Waals surface area (Å²) >= 11 is 0. The van der Waals surface area contributed by atoms with Crippen molar-refractivity contribution in [3.05, 3.63) is 35.9 Å². The predicted molar refractivity (Wildman–Crippen MR) is 71.7 cm³/mol. The summed E-state index contributed by atoms with van der Waals surface area (Å²) in [6.45, 7) is 4.79. The van der Waals surface area contributed by atoms with Gasteiger partial charge in [0.1, 0.15) is 0 Å². The fourth-order valence-corrected chi connectivity index (χ4v) is 2.61. The lowest BCUT2D eigenvalue weighted by atomic mass is 9.99. The van der Waals surface area contributed by atoms with E-state index in [1.165, 1.54) is 12.0 Å². The Hall–Kier alpha value is -1.39. The van der Waals surface area contributed by atoms with Gasteiger partial charge in [-0.2, -0.15) is 0 Å². The topological polar surface area (TPSA) is 58.4 Å². The summed E-state index contributed by atoms with van der Waals surface area (Å²) < 4.78 is 0. The molecule has 1 amide bonds. The zero-order chi connectivity index (χ0) is 13.0. The maximum atomic E-state index is 11.4. The molecule has 2 atom stereocenters. The first kappa shape index (κ1) is 13.1. The van der Waals surface area contributed by atoms with Crippen molar-refractivity contribution in [2.45, 2.75) is 19.3 Å². The van der Waals surface area contributed by atoms with Gasteiger partial charge in [-0.1, -0.05) is 37.3 Å². The van der Waals surface area contributed by atoms with Crippen LogP contribution >= 0.6 is 0 Å². The Labute approximate surface area is 108 Å². The van der Waals surface area contributed by atoms with Gasteiger partial charge in [0.05, 0.1) is 0 Å². The number of nitrogens with one attached hydrogen (secondary N) is 1. The molecule has 98 valence electrons. The van der Waals surface area contributed by atoms with E-state index < -0.39 is 0 Å². The quantitative estimate of drug-likeness (QED) is 0.476. The summed E-state index contributed by atoms with van der Waals surface area (Å²) in [5.41, 5.74) is 3.61. The van der Waals surface area contributed by atoms with Gasteiger partial charge in [-0.05, 0) is 24.4 Å². The molecule has 1 saturated heterocycles. The molecular formula is C14H21N3O. The average molecular weight is 247 g/mol. The van der Waals surface area contributed by atoms with Gasteiger partial charge in [0.25, 0.3) is 0 Å². The van der Waals surface area contributed by atoms with Crippen LogP contribution in [-0.2, 0) is 4.79 Å². The minimum Gasteiger partial charge on any atom is -0.302 e. The second-order valence-electron chi connectivity index (χ2n) is 5.07. The number of nitrogens with zero attached hydrogens (tertiary/aromatic N) is 1. The van der Waals surface area contributed by atoms with Crippen LogP contribution in [0, 0.1) is 5.92 Å². The fourth-order valence-electron chi connectivity index (χ4n) is 2.61. The van der Waals surface area contributed by atoms with Crippen molar-refractivity contribution < 1.29 is 4.79 Å². The van der Waals surface area contributed by atoms with E-state index in [9.17, 15) is 4.79 Å². The van der Waals surface area contributed by atoms with Gasteiger partial charge < -0.3 is 4.90 Å². The van der Waals surface area contributed by atoms with Crippen molar-refractivity contribution in [2.24, 2.45) is 11.8 Å². The van der Waals surface area contributed by atoms with E-state index >= 15 is 0 Å². The van der Waals surface area contributed by atoms with Crippen LogP contribution < -0.4 is 11.3 Å². The molecule has 0 saturated carbocycles. The first-order valence-electron chi connectivity index (χ1n) is 6.48. The summed E-state index contributed by atoms with van der Waals surface area (Å²) in [7, 11) is 0. The highest BCUT2D eigenvalue weighted by Gasteiger charge is 2.26. The van der Waals surface area contributed by atoms with E-state index in [4.69, 9.17) is 5.84 Å². The highest BCUT2D eigenvalue weighted by atomic mass is 16.2. The molecule has 0 aliphatic carbocycles. The van der Waals surface area contributed by atoms with E-state index in [1.807, 2.05) is 13.0 Å². The molecule has 1 aliphatic heterocycles. The molecule has 1 aromatic carbocycles. The second kappa shape index (κ2) is 5.98. The summed E-state index contributed by atoms with van der Waals surface area (Å²) in [5.74, 6) is 5.61. The first-order chi connectivity index (χ1) is 8.70. The van der Waals surface area contributed by atoms with Gasteiger partial charge in [0, 0.05) is 19.0 Å². The van der Waals surface area contributed by atoms with Crippen LogP contribution in [0.1, 0.15) is 24.8 Å². The fraction of sp³-hybridized carbons (Fsp3) is 0.500. The lowest BCUT2D eigenvalue weighted by Crippen LogP contribution is -2.39. The number of nitrogens with two attached hydrogens (primary N) is 1. The first-order valence-corrected chi connectivity index (χ1v) is 6.48. The van der Waals surface area contributed by atoms with Crippen molar-refractivity contribution in [1.82, 2.24) is 10.3 Å². The van der Waals surface area contributed by atoms with Crippen molar-refractivity contribution in [3.8, 4) is 0 Å². The third kappa shape index (κ3) is 3.09. The van der Waals surface area contributed by atoms with Crippen molar-refractivity contribution in [3.63, 3.8) is 0 Å². The van der Waals surface area contributed by atoms with E-state index in [0.29, 0.717) is 5.92 Å². The molecule has 0 spiro atoms. The Balaban J connectivity index is 1.87. The summed E-state index contributed by atoms with van der Waals surface area (Å²) in [4.78, 5) is 13.7. The van der Waals surface area contributed by atoms with Crippen LogP contribution in [0.4, 0.5) is 0 Å². The molecular weight excluding hydrogens is 226 g/mol. The Bertz CT molecular complexity index is 393. The summed E-state index contributed by atoms with van der Waals surface area (Å²) in [6.07, 6.45) is 1.17. The molecule has 4 nitrogen and oxygen atoms in total. The molecule has 1 fully saturated rings. The molecule has 0 aromatic heterocycles. The third-order valence-corrected chi connectivity index (χ3v) is 3.67. The Morgan fingerprint density at radius 2 is 2.22 bits per heavy atom. The molecule has 0 bridgehead atoms. The number of rotatable bonds is 4. The van der Waals surface area contributed by atoms with Gasteiger partial charge in [-0.3, -0.25) is 10.2 Å². The van der Waals surface area contributed by atoms with E-state index in [0.717, 1.165) is 19.6 Å². The number of hydrogen-bond acceptors (Lipinski definition) is 3. The average Bonchev–Trinajstić information content (AvgIpc) is 2.87. The summed E-state index contributed by atoms with van der Waals surface area (Å²) in [6, 6.07) is 10.6. The Morgan fingerprint density at radius 1 is 1.50 bits per heavy atom.